The Bertz CT molecular complexity index is 218. The van der Waals surface area contributed by atoms with Gasteiger partial charge >= 0.3 is 0 Å². The van der Waals surface area contributed by atoms with Crippen molar-refractivity contribution in [1.29, 1.82) is 0 Å². The molecule has 3 atom stereocenters. The van der Waals surface area contributed by atoms with Gasteiger partial charge in [-0.15, -0.1) is 0 Å². The first-order chi connectivity index (χ1) is 7.66. The lowest BCUT2D eigenvalue weighted by Gasteiger charge is -2.29. The van der Waals surface area contributed by atoms with Crippen LogP contribution in [0.3, 0.4) is 0 Å². The summed E-state index contributed by atoms with van der Waals surface area (Å²) in [6.07, 6.45) is 4.38. The standard InChI is InChI=1S/C13H26N2O/c1-10(8-14-12-4-5-12)9-15(3)13-6-7-16-11(13)2/h10-14H,4-9H2,1-3H3. The molecule has 1 aliphatic carbocycles. The number of nitrogens with zero attached hydrogens (tertiary/aromatic N) is 1. The molecule has 0 aromatic rings. The summed E-state index contributed by atoms with van der Waals surface area (Å²) in [5, 5.41) is 3.61. The Morgan fingerprint density at radius 3 is 2.69 bits per heavy atom. The van der Waals surface area contributed by atoms with Gasteiger partial charge in [0.1, 0.15) is 0 Å². The van der Waals surface area contributed by atoms with Gasteiger partial charge in [0, 0.05) is 25.2 Å². The third-order valence-electron chi connectivity index (χ3n) is 3.83. The van der Waals surface area contributed by atoms with Crippen LogP contribution in [0.25, 0.3) is 0 Å². The van der Waals surface area contributed by atoms with Crippen molar-refractivity contribution in [3.63, 3.8) is 0 Å². The Hall–Kier alpha value is -0.120. The van der Waals surface area contributed by atoms with Crippen LogP contribution in [0.4, 0.5) is 0 Å². The second-order valence-corrected chi connectivity index (χ2v) is 5.66. The Labute approximate surface area is 99.5 Å². The fourth-order valence-electron chi connectivity index (χ4n) is 2.65. The van der Waals surface area contributed by atoms with E-state index in [1.807, 2.05) is 0 Å². The van der Waals surface area contributed by atoms with Crippen molar-refractivity contribution in [3.05, 3.63) is 0 Å². The minimum Gasteiger partial charge on any atom is -0.377 e. The topological polar surface area (TPSA) is 24.5 Å². The van der Waals surface area contributed by atoms with Crippen molar-refractivity contribution in [2.75, 3.05) is 26.7 Å². The van der Waals surface area contributed by atoms with Gasteiger partial charge in [0.2, 0.25) is 0 Å². The Morgan fingerprint density at radius 2 is 2.12 bits per heavy atom. The molecule has 1 saturated carbocycles. The number of nitrogens with one attached hydrogen (secondary N) is 1. The lowest BCUT2D eigenvalue weighted by Crippen LogP contribution is -2.41. The molecule has 1 heterocycles. The van der Waals surface area contributed by atoms with Crippen molar-refractivity contribution in [2.45, 2.75) is 51.3 Å². The lowest BCUT2D eigenvalue weighted by molar-refractivity contribution is 0.0790. The van der Waals surface area contributed by atoms with E-state index in [1.165, 1.54) is 25.8 Å². The first-order valence-electron chi connectivity index (χ1n) is 6.72. The zero-order valence-electron chi connectivity index (χ0n) is 10.9. The van der Waals surface area contributed by atoms with Crippen LogP contribution in [-0.4, -0.2) is 49.8 Å². The zero-order chi connectivity index (χ0) is 11.5. The second-order valence-electron chi connectivity index (χ2n) is 5.66. The number of ether oxygens (including phenoxy) is 1. The molecule has 2 aliphatic rings. The van der Waals surface area contributed by atoms with Gasteiger partial charge in [-0.3, -0.25) is 0 Å². The minimum absolute atomic E-state index is 0.411. The highest BCUT2D eigenvalue weighted by Crippen LogP contribution is 2.20. The number of rotatable bonds is 6. The van der Waals surface area contributed by atoms with Crippen LogP contribution >= 0.6 is 0 Å². The summed E-state index contributed by atoms with van der Waals surface area (Å²) in [5.74, 6) is 0.735. The second kappa shape index (κ2) is 5.48. The molecule has 1 N–H and O–H groups in total. The van der Waals surface area contributed by atoms with Crippen molar-refractivity contribution < 1.29 is 4.74 Å². The highest BCUT2D eigenvalue weighted by atomic mass is 16.5. The first-order valence-corrected chi connectivity index (χ1v) is 6.72. The molecule has 3 nitrogen and oxygen atoms in total. The summed E-state index contributed by atoms with van der Waals surface area (Å²) < 4.78 is 5.62. The van der Waals surface area contributed by atoms with Gasteiger partial charge in [-0.2, -0.15) is 0 Å². The zero-order valence-corrected chi connectivity index (χ0v) is 10.9. The van der Waals surface area contributed by atoms with Crippen LogP contribution in [0.1, 0.15) is 33.1 Å². The molecule has 3 unspecified atom stereocenters. The predicted octanol–water partition coefficient (Wildman–Crippen LogP) is 1.48. The Morgan fingerprint density at radius 1 is 1.38 bits per heavy atom. The molecular weight excluding hydrogens is 200 g/mol. The minimum atomic E-state index is 0.411. The number of likely N-dealkylation sites (N-methyl/N-ethyl adjacent to an activating group) is 1. The van der Waals surface area contributed by atoms with Gasteiger partial charge in [-0.25, -0.2) is 0 Å². The average molecular weight is 226 g/mol. The normalized spacial score (nSPS) is 32.2. The summed E-state index contributed by atoms with van der Waals surface area (Å²) in [5.41, 5.74) is 0. The van der Waals surface area contributed by atoms with E-state index in [9.17, 15) is 0 Å². The molecule has 3 heteroatoms. The largest absolute Gasteiger partial charge is 0.377 e. The summed E-state index contributed by atoms with van der Waals surface area (Å²) in [7, 11) is 2.24. The number of hydrogen-bond acceptors (Lipinski definition) is 3. The molecular formula is C13H26N2O. The predicted molar refractivity (Wildman–Crippen MR) is 66.6 cm³/mol. The van der Waals surface area contributed by atoms with Gasteiger partial charge in [0.25, 0.3) is 0 Å². The number of hydrogen-bond donors (Lipinski definition) is 1. The van der Waals surface area contributed by atoms with Crippen LogP contribution < -0.4 is 5.32 Å². The SMILES string of the molecule is CC(CNC1CC1)CN(C)C1CCOC1C. The third-order valence-corrected chi connectivity index (χ3v) is 3.83. The molecule has 0 radical (unpaired) electrons. The fraction of sp³-hybridized carbons (Fsp3) is 1.00. The molecule has 2 rings (SSSR count). The van der Waals surface area contributed by atoms with Gasteiger partial charge in [-0.05, 0) is 45.7 Å². The Balaban J connectivity index is 1.66. The van der Waals surface area contributed by atoms with Gasteiger partial charge in [0.15, 0.2) is 0 Å². The maximum atomic E-state index is 5.62. The van der Waals surface area contributed by atoms with Crippen LogP contribution in [-0.2, 0) is 4.74 Å². The Kier molecular flexibility index (Phi) is 4.22. The van der Waals surface area contributed by atoms with E-state index >= 15 is 0 Å². The lowest BCUT2D eigenvalue weighted by atomic mass is 10.1. The van der Waals surface area contributed by atoms with Gasteiger partial charge in [0.05, 0.1) is 6.10 Å². The molecule has 1 saturated heterocycles. The van der Waals surface area contributed by atoms with E-state index in [1.54, 1.807) is 0 Å². The average Bonchev–Trinajstić information content (AvgIpc) is 2.97. The molecule has 94 valence electrons. The third kappa shape index (κ3) is 3.44. The van der Waals surface area contributed by atoms with E-state index in [4.69, 9.17) is 4.74 Å². The van der Waals surface area contributed by atoms with Crippen LogP contribution in [0, 0.1) is 5.92 Å². The van der Waals surface area contributed by atoms with Crippen LogP contribution in [0.15, 0.2) is 0 Å². The summed E-state index contributed by atoms with van der Waals surface area (Å²) in [6, 6.07) is 1.46. The molecule has 1 aliphatic heterocycles. The highest BCUT2D eigenvalue weighted by molar-refractivity contribution is 4.84. The molecule has 16 heavy (non-hydrogen) atoms. The van der Waals surface area contributed by atoms with E-state index in [2.05, 4.69) is 31.1 Å². The van der Waals surface area contributed by atoms with E-state index in [0.717, 1.165) is 25.1 Å². The fourth-order valence-corrected chi connectivity index (χ4v) is 2.65. The van der Waals surface area contributed by atoms with Crippen LogP contribution in [0.2, 0.25) is 0 Å². The van der Waals surface area contributed by atoms with Gasteiger partial charge < -0.3 is 15.0 Å². The molecule has 2 fully saturated rings. The van der Waals surface area contributed by atoms with E-state index in [-0.39, 0.29) is 0 Å². The van der Waals surface area contributed by atoms with Crippen molar-refractivity contribution in [3.8, 4) is 0 Å². The van der Waals surface area contributed by atoms with Crippen LogP contribution in [0.5, 0.6) is 0 Å². The highest BCUT2D eigenvalue weighted by Gasteiger charge is 2.28. The summed E-state index contributed by atoms with van der Waals surface area (Å²) >= 11 is 0. The van der Waals surface area contributed by atoms with E-state index in [0.29, 0.717) is 12.1 Å². The van der Waals surface area contributed by atoms with Crippen molar-refractivity contribution >= 4 is 0 Å². The maximum absolute atomic E-state index is 5.62. The molecule has 0 bridgehead atoms. The van der Waals surface area contributed by atoms with Crippen molar-refractivity contribution in [2.24, 2.45) is 5.92 Å². The maximum Gasteiger partial charge on any atom is 0.0702 e. The quantitative estimate of drug-likeness (QED) is 0.742. The van der Waals surface area contributed by atoms with Crippen molar-refractivity contribution in [1.82, 2.24) is 10.2 Å². The molecule has 0 amide bonds. The van der Waals surface area contributed by atoms with Gasteiger partial charge in [-0.1, -0.05) is 6.92 Å². The monoisotopic (exact) mass is 226 g/mol. The summed E-state index contributed by atoms with van der Waals surface area (Å²) in [6.45, 7) is 7.81. The molecule has 0 aromatic heterocycles. The molecule has 0 aromatic carbocycles. The molecule has 0 spiro atoms. The summed E-state index contributed by atoms with van der Waals surface area (Å²) in [4.78, 5) is 2.48. The van der Waals surface area contributed by atoms with E-state index < -0.39 is 0 Å². The first kappa shape index (κ1) is 12.3. The smallest absolute Gasteiger partial charge is 0.0702 e.